The third-order valence-corrected chi connectivity index (χ3v) is 4.39. The fourth-order valence-corrected chi connectivity index (χ4v) is 3.46. The molecule has 2 amide bonds. The summed E-state index contributed by atoms with van der Waals surface area (Å²) in [6.45, 7) is 0.552. The molecule has 1 atom stereocenters. The summed E-state index contributed by atoms with van der Waals surface area (Å²) in [5, 5.41) is 8.02. The van der Waals surface area contributed by atoms with Gasteiger partial charge in [0.2, 0.25) is 5.91 Å². The first kappa shape index (κ1) is 13.8. The second kappa shape index (κ2) is 5.12. The van der Waals surface area contributed by atoms with Crippen molar-refractivity contribution in [3.63, 3.8) is 0 Å². The number of primary amides is 1. The molecule has 1 saturated heterocycles. The highest BCUT2D eigenvalue weighted by Crippen LogP contribution is 2.33. The number of piperidine rings is 1. The monoisotopic (exact) mass is 310 g/mol. The van der Waals surface area contributed by atoms with E-state index in [-0.39, 0.29) is 12.1 Å². The molecular formula is C16H16N5O2. The van der Waals surface area contributed by atoms with Crippen LogP contribution >= 0.6 is 0 Å². The van der Waals surface area contributed by atoms with Gasteiger partial charge in [0.25, 0.3) is 5.91 Å². The SMILES string of the molecule is NC(=O)c1c2c3c(c[c]cc3n1C1CCCC(=O)N1)CNN=C2. The van der Waals surface area contributed by atoms with Crippen LogP contribution in [0.2, 0.25) is 0 Å². The topological polar surface area (TPSA) is 102 Å². The minimum Gasteiger partial charge on any atom is -0.364 e. The lowest BCUT2D eigenvalue weighted by molar-refractivity contribution is -0.124. The molecule has 2 aliphatic heterocycles. The van der Waals surface area contributed by atoms with Crippen LogP contribution in [0.1, 0.15) is 47.0 Å². The molecule has 0 aliphatic carbocycles. The molecule has 2 aromatic rings. The third kappa shape index (κ3) is 2.08. The molecule has 0 spiro atoms. The zero-order valence-corrected chi connectivity index (χ0v) is 12.4. The highest BCUT2D eigenvalue weighted by molar-refractivity contribution is 6.12. The van der Waals surface area contributed by atoms with E-state index in [0.717, 1.165) is 29.3 Å². The Labute approximate surface area is 132 Å². The maximum Gasteiger partial charge on any atom is 0.266 e. The van der Waals surface area contributed by atoms with E-state index in [4.69, 9.17) is 5.73 Å². The molecule has 7 heteroatoms. The molecule has 1 radical (unpaired) electrons. The molecule has 4 N–H and O–H groups in total. The van der Waals surface area contributed by atoms with Crippen molar-refractivity contribution in [3.8, 4) is 0 Å². The minimum absolute atomic E-state index is 0.0115. The number of hydrazone groups is 1. The second-order valence-electron chi connectivity index (χ2n) is 5.81. The zero-order valence-electron chi connectivity index (χ0n) is 12.4. The van der Waals surface area contributed by atoms with Crippen molar-refractivity contribution < 1.29 is 9.59 Å². The summed E-state index contributed by atoms with van der Waals surface area (Å²) < 4.78 is 1.83. The molecule has 0 saturated carbocycles. The van der Waals surface area contributed by atoms with E-state index in [1.54, 1.807) is 6.21 Å². The number of nitrogens with one attached hydrogen (secondary N) is 2. The fourth-order valence-electron chi connectivity index (χ4n) is 3.46. The Kier molecular flexibility index (Phi) is 3.07. The van der Waals surface area contributed by atoms with Gasteiger partial charge in [0.05, 0.1) is 18.3 Å². The van der Waals surface area contributed by atoms with E-state index in [2.05, 4.69) is 21.9 Å². The van der Waals surface area contributed by atoms with Gasteiger partial charge in [0.1, 0.15) is 11.9 Å². The quantitative estimate of drug-likeness (QED) is 0.763. The van der Waals surface area contributed by atoms with Crippen LogP contribution in [0.25, 0.3) is 10.9 Å². The Morgan fingerprint density at radius 2 is 2.30 bits per heavy atom. The molecule has 1 fully saturated rings. The predicted octanol–water partition coefficient (Wildman–Crippen LogP) is 0.776. The highest BCUT2D eigenvalue weighted by atomic mass is 16.2. The Bertz CT molecular complexity index is 852. The number of nitrogens with zero attached hydrogens (tertiary/aromatic N) is 2. The van der Waals surface area contributed by atoms with Gasteiger partial charge in [-0.2, -0.15) is 5.10 Å². The average molecular weight is 310 g/mol. The lowest BCUT2D eigenvalue weighted by Crippen LogP contribution is -2.37. The van der Waals surface area contributed by atoms with E-state index >= 15 is 0 Å². The summed E-state index contributed by atoms with van der Waals surface area (Å²) in [6.07, 6.45) is 3.40. The number of rotatable bonds is 2. The number of hydrogen-bond acceptors (Lipinski definition) is 4. The van der Waals surface area contributed by atoms with Crippen LogP contribution in [-0.4, -0.2) is 22.6 Å². The molecule has 4 rings (SSSR count). The van der Waals surface area contributed by atoms with Gasteiger partial charge in [-0.25, -0.2) is 0 Å². The predicted molar refractivity (Wildman–Crippen MR) is 84.8 cm³/mol. The molecule has 1 unspecified atom stereocenters. The van der Waals surface area contributed by atoms with Crippen LogP contribution in [0.5, 0.6) is 0 Å². The molecule has 117 valence electrons. The van der Waals surface area contributed by atoms with Crippen LogP contribution in [0.4, 0.5) is 0 Å². The van der Waals surface area contributed by atoms with Gasteiger partial charge >= 0.3 is 0 Å². The maximum atomic E-state index is 12.1. The van der Waals surface area contributed by atoms with Gasteiger partial charge < -0.3 is 21.0 Å². The number of carbonyl (C=O) groups is 2. The van der Waals surface area contributed by atoms with Gasteiger partial charge in [-0.05, 0) is 36.6 Å². The normalized spacial score (nSPS) is 20.0. The Morgan fingerprint density at radius 3 is 3.09 bits per heavy atom. The number of carbonyl (C=O) groups excluding carboxylic acids is 2. The van der Waals surface area contributed by atoms with Crippen molar-refractivity contribution in [2.45, 2.75) is 32.0 Å². The van der Waals surface area contributed by atoms with Gasteiger partial charge in [-0.15, -0.1) is 0 Å². The van der Waals surface area contributed by atoms with Crippen molar-refractivity contribution >= 4 is 28.9 Å². The number of benzene rings is 1. The van der Waals surface area contributed by atoms with Crippen molar-refractivity contribution in [1.29, 1.82) is 0 Å². The molecule has 23 heavy (non-hydrogen) atoms. The highest BCUT2D eigenvalue weighted by Gasteiger charge is 2.29. The van der Waals surface area contributed by atoms with E-state index < -0.39 is 5.91 Å². The summed E-state index contributed by atoms with van der Waals surface area (Å²) in [5.74, 6) is -0.544. The lowest BCUT2D eigenvalue weighted by Gasteiger charge is -2.27. The molecule has 2 aliphatic rings. The number of aromatic nitrogens is 1. The van der Waals surface area contributed by atoms with Crippen LogP contribution in [0, 0.1) is 6.07 Å². The lowest BCUT2D eigenvalue weighted by atomic mass is 10.1. The van der Waals surface area contributed by atoms with E-state index in [0.29, 0.717) is 24.2 Å². The van der Waals surface area contributed by atoms with Gasteiger partial charge in [0, 0.05) is 17.4 Å². The molecular weight excluding hydrogens is 294 g/mol. The summed E-state index contributed by atoms with van der Waals surface area (Å²) >= 11 is 0. The standard InChI is InChI=1S/C16H16N5O2/c17-16(23)15-10-8-19-18-7-9-3-1-4-11(14(9)10)21(15)12-5-2-6-13(22)20-12/h3-4,8,12,18H,2,5-7H2,(H2,17,23)(H,20,22). The molecule has 0 bridgehead atoms. The molecule has 1 aromatic carbocycles. The van der Waals surface area contributed by atoms with Gasteiger partial charge in [0.15, 0.2) is 0 Å². The minimum atomic E-state index is -0.532. The number of hydrogen-bond donors (Lipinski definition) is 3. The Morgan fingerprint density at radius 1 is 1.43 bits per heavy atom. The third-order valence-electron chi connectivity index (χ3n) is 4.39. The van der Waals surface area contributed by atoms with Gasteiger partial charge in [-0.1, -0.05) is 0 Å². The first-order valence-corrected chi connectivity index (χ1v) is 7.59. The maximum absolute atomic E-state index is 12.1. The molecule has 7 nitrogen and oxygen atoms in total. The van der Waals surface area contributed by atoms with E-state index in [9.17, 15) is 9.59 Å². The van der Waals surface area contributed by atoms with E-state index in [1.165, 1.54) is 0 Å². The van der Waals surface area contributed by atoms with Crippen molar-refractivity contribution in [1.82, 2.24) is 15.3 Å². The largest absolute Gasteiger partial charge is 0.364 e. The van der Waals surface area contributed by atoms with Crippen LogP contribution in [-0.2, 0) is 11.3 Å². The first-order chi connectivity index (χ1) is 11.2. The number of nitrogens with two attached hydrogens (primary N) is 1. The second-order valence-corrected chi connectivity index (χ2v) is 5.81. The van der Waals surface area contributed by atoms with Crippen molar-refractivity contribution in [2.75, 3.05) is 0 Å². The van der Waals surface area contributed by atoms with E-state index in [1.807, 2.05) is 16.7 Å². The summed E-state index contributed by atoms with van der Waals surface area (Å²) in [7, 11) is 0. The zero-order chi connectivity index (χ0) is 16.0. The van der Waals surface area contributed by atoms with Crippen LogP contribution in [0.15, 0.2) is 17.2 Å². The summed E-state index contributed by atoms with van der Waals surface area (Å²) in [4.78, 5) is 23.9. The summed E-state index contributed by atoms with van der Waals surface area (Å²) in [5.41, 5.74) is 11.5. The summed E-state index contributed by atoms with van der Waals surface area (Å²) in [6, 6.07) is 6.81. The Balaban J connectivity index is 2.03. The molecule has 1 aromatic heterocycles. The van der Waals surface area contributed by atoms with Crippen molar-refractivity contribution in [3.05, 3.63) is 35.0 Å². The number of amides is 2. The average Bonchev–Trinajstić information content (AvgIpc) is 2.71. The fraction of sp³-hybridized carbons (Fsp3) is 0.312. The smallest absolute Gasteiger partial charge is 0.266 e. The first-order valence-electron chi connectivity index (χ1n) is 7.59. The van der Waals surface area contributed by atoms with Gasteiger partial charge in [-0.3, -0.25) is 9.59 Å². The van der Waals surface area contributed by atoms with Crippen LogP contribution in [0.3, 0.4) is 0 Å². The Hall–Kier alpha value is -2.83. The van der Waals surface area contributed by atoms with Crippen LogP contribution < -0.4 is 16.5 Å². The molecule has 3 heterocycles. The van der Waals surface area contributed by atoms with Crippen molar-refractivity contribution in [2.24, 2.45) is 10.8 Å².